The van der Waals surface area contributed by atoms with Crippen LogP contribution in [0.5, 0.6) is 0 Å². The van der Waals surface area contributed by atoms with Crippen molar-refractivity contribution >= 4 is 5.96 Å². The van der Waals surface area contributed by atoms with Crippen LogP contribution >= 0.6 is 0 Å². The molecule has 0 radical (unpaired) electrons. The summed E-state index contributed by atoms with van der Waals surface area (Å²) in [5.74, 6) is 0.846. The molecule has 1 heterocycles. The van der Waals surface area contributed by atoms with Crippen LogP contribution in [0.15, 0.2) is 35.3 Å². The lowest BCUT2D eigenvalue weighted by atomic mass is 9.94. The maximum absolute atomic E-state index is 5.82. The van der Waals surface area contributed by atoms with E-state index in [-0.39, 0.29) is 5.60 Å². The molecule has 1 saturated heterocycles. The van der Waals surface area contributed by atoms with Gasteiger partial charge in [-0.2, -0.15) is 0 Å². The predicted molar refractivity (Wildman–Crippen MR) is 116 cm³/mol. The fourth-order valence-corrected chi connectivity index (χ4v) is 3.73. The minimum atomic E-state index is -0.210. The van der Waals surface area contributed by atoms with E-state index in [1.807, 2.05) is 0 Å². The molecule has 0 aromatic heterocycles. The number of rotatable bonds is 10. The van der Waals surface area contributed by atoms with Crippen LogP contribution < -0.4 is 10.6 Å². The molecule has 1 aromatic rings. The molecule has 1 atom stereocenters. The molecule has 6 heteroatoms. The van der Waals surface area contributed by atoms with Crippen molar-refractivity contribution in [1.82, 2.24) is 15.5 Å². The van der Waals surface area contributed by atoms with Crippen molar-refractivity contribution < 1.29 is 9.47 Å². The van der Waals surface area contributed by atoms with Crippen molar-refractivity contribution in [2.45, 2.75) is 45.3 Å². The maximum atomic E-state index is 5.82. The molecule has 0 amide bonds. The molecular formula is C22H38N4O2. The number of likely N-dealkylation sites (N-methyl/N-ethyl adjacent to an activating group) is 1. The Bertz CT molecular complexity index is 569. The number of guanidine groups is 1. The Kier molecular flexibility index (Phi) is 9.75. The number of benzene rings is 1. The zero-order valence-corrected chi connectivity index (χ0v) is 18.0. The van der Waals surface area contributed by atoms with Crippen LogP contribution in [0, 0.1) is 0 Å². The molecule has 158 valence electrons. The van der Waals surface area contributed by atoms with E-state index >= 15 is 0 Å². The molecule has 28 heavy (non-hydrogen) atoms. The predicted octanol–water partition coefficient (Wildman–Crippen LogP) is 2.82. The van der Waals surface area contributed by atoms with Gasteiger partial charge in [0.25, 0.3) is 0 Å². The first-order valence-corrected chi connectivity index (χ1v) is 10.6. The number of aliphatic imine (C=N–C) groups is 1. The summed E-state index contributed by atoms with van der Waals surface area (Å²) in [5, 5.41) is 6.94. The van der Waals surface area contributed by atoms with E-state index in [0.717, 1.165) is 58.2 Å². The van der Waals surface area contributed by atoms with Crippen LogP contribution in [-0.4, -0.2) is 69.5 Å². The molecule has 6 nitrogen and oxygen atoms in total. The van der Waals surface area contributed by atoms with E-state index in [4.69, 9.17) is 14.5 Å². The molecule has 1 aliphatic heterocycles. The molecule has 1 unspecified atom stereocenters. The maximum Gasteiger partial charge on any atom is 0.191 e. The summed E-state index contributed by atoms with van der Waals surface area (Å²) < 4.78 is 11.3. The Morgan fingerprint density at radius 3 is 2.39 bits per heavy atom. The van der Waals surface area contributed by atoms with Crippen LogP contribution in [-0.2, 0) is 9.47 Å². The lowest BCUT2D eigenvalue weighted by Crippen LogP contribution is -2.45. The standard InChI is InChI=1S/C22H38N4O2/c1-5-23-21(25-18-22(27-4)13-15-28-16-14-22)24-17-20(26(6-2)7-3)19-11-9-8-10-12-19/h8-12,20H,5-7,13-18H2,1-4H3,(H2,23,24,25). The minimum absolute atomic E-state index is 0.210. The fraction of sp³-hybridized carbons (Fsp3) is 0.682. The molecule has 2 rings (SSSR count). The third-order valence-corrected chi connectivity index (χ3v) is 5.61. The molecule has 1 aliphatic rings. The number of ether oxygens (including phenoxy) is 2. The van der Waals surface area contributed by atoms with Gasteiger partial charge in [0.1, 0.15) is 0 Å². The van der Waals surface area contributed by atoms with Crippen LogP contribution in [0.3, 0.4) is 0 Å². The van der Waals surface area contributed by atoms with Gasteiger partial charge in [0.2, 0.25) is 0 Å². The molecule has 0 spiro atoms. The van der Waals surface area contributed by atoms with Crippen molar-refractivity contribution in [1.29, 1.82) is 0 Å². The number of nitrogens with zero attached hydrogens (tertiary/aromatic N) is 2. The van der Waals surface area contributed by atoms with Crippen molar-refractivity contribution in [3.05, 3.63) is 35.9 Å². The largest absolute Gasteiger partial charge is 0.381 e. The van der Waals surface area contributed by atoms with E-state index in [1.165, 1.54) is 5.56 Å². The summed E-state index contributed by atoms with van der Waals surface area (Å²) in [6.07, 6.45) is 1.77. The number of methoxy groups -OCH3 is 1. The average molecular weight is 391 g/mol. The number of nitrogens with one attached hydrogen (secondary N) is 2. The Labute approximate surface area is 170 Å². The normalized spacial score (nSPS) is 18.1. The quantitative estimate of drug-likeness (QED) is 0.475. The van der Waals surface area contributed by atoms with Crippen LogP contribution in [0.1, 0.15) is 45.2 Å². The summed E-state index contributed by atoms with van der Waals surface area (Å²) in [7, 11) is 1.78. The topological polar surface area (TPSA) is 58.1 Å². The summed E-state index contributed by atoms with van der Waals surface area (Å²) >= 11 is 0. The molecule has 0 saturated carbocycles. The van der Waals surface area contributed by atoms with Gasteiger partial charge in [-0.1, -0.05) is 44.2 Å². The highest BCUT2D eigenvalue weighted by molar-refractivity contribution is 5.79. The van der Waals surface area contributed by atoms with Gasteiger partial charge in [-0.3, -0.25) is 9.89 Å². The van der Waals surface area contributed by atoms with E-state index in [1.54, 1.807) is 7.11 Å². The Hall–Kier alpha value is -1.63. The SMILES string of the molecule is CCNC(=NCC1(OC)CCOCC1)NCC(c1ccccc1)N(CC)CC. The van der Waals surface area contributed by atoms with Gasteiger partial charge in [0, 0.05) is 46.3 Å². The lowest BCUT2D eigenvalue weighted by Gasteiger charge is -2.35. The van der Waals surface area contributed by atoms with Crippen molar-refractivity contribution in [3.63, 3.8) is 0 Å². The first-order chi connectivity index (χ1) is 13.7. The Balaban J connectivity index is 2.08. The molecule has 0 bridgehead atoms. The fourth-order valence-electron chi connectivity index (χ4n) is 3.73. The lowest BCUT2D eigenvalue weighted by molar-refractivity contribution is -0.0828. The van der Waals surface area contributed by atoms with Crippen LogP contribution in [0.4, 0.5) is 0 Å². The zero-order chi connectivity index (χ0) is 20.2. The number of hydrogen-bond donors (Lipinski definition) is 2. The summed E-state index contributed by atoms with van der Waals surface area (Å²) in [5.41, 5.74) is 1.12. The molecular weight excluding hydrogens is 352 g/mol. The highest BCUT2D eigenvalue weighted by Crippen LogP contribution is 2.25. The Morgan fingerprint density at radius 2 is 1.82 bits per heavy atom. The van der Waals surface area contributed by atoms with Crippen molar-refractivity contribution in [2.75, 3.05) is 53.0 Å². The van der Waals surface area contributed by atoms with E-state index in [0.29, 0.717) is 12.6 Å². The second-order valence-corrected chi connectivity index (χ2v) is 7.22. The monoisotopic (exact) mass is 390 g/mol. The third kappa shape index (κ3) is 6.47. The Morgan fingerprint density at radius 1 is 1.14 bits per heavy atom. The first-order valence-electron chi connectivity index (χ1n) is 10.6. The molecule has 1 fully saturated rings. The van der Waals surface area contributed by atoms with Crippen LogP contribution in [0.2, 0.25) is 0 Å². The zero-order valence-electron chi connectivity index (χ0n) is 18.0. The third-order valence-electron chi connectivity index (χ3n) is 5.61. The van der Waals surface area contributed by atoms with Crippen molar-refractivity contribution in [3.8, 4) is 0 Å². The van der Waals surface area contributed by atoms with Gasteiger partial charge in [-0.25, -0.2) is 0 Å². The van der Waals surface area contributed by atoms with Gasteiger partial charge in [0.05, 0.1) is 18.2 Å². The first kappa shape index (κ1) is 22.7. The summed E-state index contributed by atoms with van der Waals surface area (Å²) in [6, 6.07) is 11.0. The number of hydrogen-bond acceptors (Lipinski definition) is 4. The molecule has 1 aromatic carbocycles. The molecule has 2 N–H and O–H groups in total. The van der Waals surface area contributed by atoms with Gasteiger partial charge < -0.3 is 20.1 Å². The van der Waals surface area contributed by atoms with E-state index in [2.05, 4.69) is 66.6 Å². The van der Waals surface area contributed by atoms with Gasteiger partial charge in [-0.05, 0) is 25.6 Å². The van der Waals surface area contributed by atoms with Gasteiger partial charge >= 0.3 is 0 Å². The van der Waals surface area contributed by atoms with Crippen molar-refractivity contribution in [2.24, 2.45) is 4.99 Å². The van der Waals surface area contributed by atoms with E-state index in [9.17, 15) is 0 Å². The minimum Gasteiger partial charge on any atom is -0.381 e. The summed E-state index contributed by atoms with van der Waals surface area (Å²) in [4.78, 5) is 7.33. The van der Waals surface area contributed by atoms with E-state index < -0.39 is 0 Å². The smallest absolute Gasteiger partial charge is 0.191 e. The highest BCUT2D eigenvalue weighted by atomic mass is 16.5. The van der Waals surface area contributed by atoms with Gasteiger partial charge in [-0.15, -0.1) is 0 Å². The average Bonchev–Trinajstić information content (AvgIpc) is 2.76. The second kappa shape index (κ2) is 12.0. The summed E-state index contributed by atoms with van der Waals surface area (Å²) in [6.45, 7) is 12.3. The molecule has 0 aliphatic carbocycles. The highest BCUT2D eigenvalue weighted by Gasteiger charge is 2.32. The van der Waals surface area contributed by atoms with Gasteiger partial charge in [0.15, 0.2) is 5.96 Å². The second-order valence-electron chi connectivity index (χ2n) is 7.22. The van der Waals surface area contributed by atoms with Crippen LogP contribution in [0.25, 0.3) is 0 Å².